The molecule has 0 atom stereocenters. The second-order valence-corrected chi connectivity index (χ2v) is 0.316. The third kappa shape index (κ3) is 9.88. The van der Waals surface area contributed by atoms with E-state index in [1.165, 1.54) is 0 Å². The largest absolute Gasteiger partial charge is 2.00 e. The Morgan fingerprint density at radius 2 is 2.00 bits per heavy atom. The molecule has 0 unspecified atom stereocenters. The van der Waals surface area contributed by atoms with Crippen LogP contribution in [0.4, 0.5) is 0 Å². The minimum Gasteiger partial charge on any atom is -1.00 e. The second kappa shape index (κ2) is 8.83. The summed E-state index contributed by atoms with van der Waals surface area (Å²) in [6, 6.07) is 0. The first-order valence-electron chi connectivity index (χ1n) is 1.02. The Hall–Kier alpha value is 1.44. The minimum absolute atomic E-state index is 0. The van der Waals surface area contributed by atoms with E-state index >= 15 is 0 Å². The summed E-state index contributed by atoms with van der Waals surface area (Å²) in [7, 11) is 0. The molecule has 0 saturated heterocycles. The smallest absolute Gasteiger partial charge is 1.00 e. The second-order valence-electron chi connectivity index (χ2n) is 0.316. The molecule has 0 aliphatic heterocycles. The van der Waals surface area contributed by atoms with E-state index in [1.54, 1.807) is 6.92 Å². The maximum absolute atomic E-state index is 7.57. The van der Waals surface area contributed by atoms with Crippen molar-refractivity contribution in [1.29, 1.82) is 0 Å². The normalized spacial score (nSPS) is 4.50. The van der Waals surface area contributed by atoms with Gasteiger partial charge in [-0.05, 0) is 6.92 Å². The first kappa shape index (κ1) is 9.06. The molecule has 2 heteroatoms. The summed E-state index contributed by atoms with van der Waals surface area (Å²) in [6.07, 6.45) is 0. The average Bonchev–Trinajstić information content (AvgIpc) is 0.918. The first-order chi connectivity index (χ1) is 1.41. The number of rotatable bonds is 0. The van der Waals surface area contributed by atoms with E-state index in [1.807, 2.05) is 0 Å². The molecule has 24 valence electrons. The van der Waals surface area contributed by atoms with Crippen molar-refractivity contribution in [2.24, 2.45) is 0 Å². The molecule has 1 N–H and O–H groups in total. The Bertz CT molecular complexity index is 11.5. The van der Waals surface area contributed by atoms with Crippen LogP contribution in [0, 0.1) is 0 Å². The fraction of sp³-hybridized carbons (Fsp3) is 1.00. The van der Waals surface area contributed by atoms with Crippen molar-refractivity contribution in [3.8, 4) is 0 Å². The van der Waals surface area contributed by atoms with Gasteiger partial charge in [0.2, 0.25) is 0 Å². The summed E-state index contributed by atoms with van der Waals surface area (Å²) < 4.78 is 0. The molecule has 0 spiro atoms. The van der Waals surface area contributed by atoms with E-state index in [0.29, 0.717) is 0 Å². The van der Waals surface area contributed by atoms with Crippen molar-refractivity contribution >= 4 is 45.5 Å². The zero-order chi connectivity index (χ0) is 2.71. The molecular weight excluding hydrogens is 128 g/mol. The molecule has 0 aromatic carbocycles. The van der Waals surface area contributed by atoms with Gasteiger partial charge >= 0.3 is 45.5 Å². The van der Waals surface area contributed by atoms with Crippen LogP contribution >= 0.6 is 0 Å². The van der Waals surface area contributed by atoms with Crippen molar-refractivity contribution in [2.45, 2.75) is 6.92 Å². The van der Waals surface area contributed by atoms with Crippen LogP contribution in [0.5, 0.6) is 0 Å². The van der Waals surface area contributed by atoms with Crippen LogP contribution in [0.25, 0.3) is 0 Å². The molecule has 0 saturated carbocycles. The number of hydrogen-bond acceptors (Lipinski definition) is 1. The molecule has 0 bridgehead atoms. The molecular formula is C2H8OSr. The SMILES string of the molecule is CCO.[H-].[H-].[Sr+2]. The summed E-state index contributed by atoms with van der Waals surface area (Å²) in [5.74, 6) is 0. The van der Waals surface area contributed by atoms with Gasteiger partial charge in [0.1, 0.15) is 0 Å². The average molecular weight is 136 g/mol. The molecule has 0 aromatic heterocycles. The standard InChI is InChI=1S/C2H6O.Sr.2H/c1-2-3;;;/h3H,2H2,1H3;;;/q;+2;2*-1. The van der Waals surface area contributed by atoms with Crippen LogP contribution in [0.1, 0.15) is 9.78 Å². The van der Waals surface area contributed by atoms with Crippen molar-refractivity contribution in [1.82, 2.24) is 0 Å². The van der Waals surface area contributed by atoms with Gasteiger partial charge in [-0.15, -0.1) is 0 Å². The van der Waals surface area contributed by atoms with E-state index < -0.39 is 0 Å². The zero-order valence-corrected chi connectivity index (χ0v) is 6.34. The van der Waals surface area contributed by atoms with Gasteiger partial charge in [0.05, 0.1) is 0 Å². The van der Waals surface area contributed by atoms with Crippen LogP contribution < -0.4 is 0 Å². The van der Waals surface area contributed by atoms with Gasteiger partial charge in [-0.3, -0.25) is 0 Å². The summed E-state index contributed by atoms with van der Waals surface area (Å²) in [5.41, 5.74) is 0. The van der Waals surface area contributed by atoms with Crippen molar-refractivity contribution in [2.75, 3.05) is 6.61 Å². The topological polar surface area (TPSA) is 20.2 Å². The molecule has 4 heavy (non-hydrogen) atoms. The molecule has 0 aliphatic carbocycles. The van der Waals surface area contributed by atoms with Gasteiger partial charge in [0.25, 0.3) is 0 Å². The van der Waals surface area contributed by atoms with Crippen molar-refractivity contribution in [3.63, 3.8) is 0 Å². The van der Waals surface area contributed by atoms with E-state index in [9.17, 15) is 0 Å². The third-order valence-electron chi connectivity index (χ3n) is 0. The Morgan fingerprint density at radius 1 is 2.00 bits per heavy atom. The maximum atomic E-state index is 7.57. The summed E-state index contributed by atoms with van der Waals surface area (Å²) in [5, 5.41) is 7.57. The number of aliphatic hydroxyl groups excluding tert-OH is 1. The molecule has 0 aromatic rings. The Balaban J connectivity index is -0.00000000667. The van der Waals surface area contributed by atoms with Crippen LogP contribution in [0.2, 0.25) is 0 Å². The van der Waals surface area contributed by atoms with Gasteiger partial charge in [-0.1, -0.05) is 0 Å². The van der Waals surface area contributed by atoms with Gasteiger partial charge in [0.15, 0.2) is 0 Å². The predicted octanol–water partition coefficient (Wildman–Crippen LogP) is -0.157. The number of aliphatic hydroxyl groups is 1. The van der Waals surface area contributed by atoms with Gasteiger partial charge < -0.3 is 7.96 Å². The molecule has 0 fully saturated rings. The van der Waals surface area contributed by atoms with E-state index in [0.717, 1.165) is 0 Å². The third-order valence-corrected chi connectivity index (χ3v) is 0. The van der Waals surface area contributed by atoms with Gasteiger partial charge in [0, 0.05) is 6.61 Å². The van der Waals surface area contributed by atoms with Gasteiger partial charge in [-0.25, -0.2) is 0 Å². The Labute approximate surface area is 66.3 Å². The molecule has 0 radical (unpaired) electrons. The quantitative estimate of drug-likeness (QED) is 0.458. The van der Waals surface area contributed by atoms with Crippen LogP contribution in [-0.4, -0.2) is 57.2 Å². The molecule has 0 rings (SSSR count). The first-order valence-corrected chi connectivity index (χ1v) is 1.02. The molecule has 0 aliphatic rings. The summed E-state index contributed by atoms with van der Waals surface area (Å²) in [6.45, 7) is 1.93. The number of hydrogen-bond donors (Lipinski definition) is 1. The Kier molecular flexibility index (Phi) is 20.0. The fourth-order valence-corrected chi connectivity index (χ4v) is 0. The van der Waals surface area contributed by atoms with Gasteiger partial charge in [-0.2, -0.15) is 0 Å². The predicted molar refractivity (Wildman–Crippen MR) is 20.7 cm³/mol. The van der Waals surface area contributed by atoms with Crippen LogP contribution in [0.15, 0.2) is 0 Å². The monoisotopic (exact) mass is 136 g/mol. The molecule has 1 nitrogen and oxygen atoms in total. The summed E-state index contributed by atoms with van der Waals surface area (Å²) >= 11 is 0. The Morgan fingerprint density at radius 3 is 2.00 bits per heavy atom. The van der Waals surface area contributed by atoms with Crippen molar-refractivity contribution < 1.29 is 7.96 Å². The van der Waals surface area contributed by atoms with Crippen LogP contribution in [-0.2, 0) is 0 Å². The van der Waals surface area contributed by atoms with Crippen LogP contribution in [0.3, 0.4) is 0 Å². The zero-order valence-electron chi connectivity index (χ0n) is 4.86. The molecule has 0 heterocycles. The van der Waals surface area contributed by atoms with E-state index in [-0.39, 0.29) is 54.9 Å². The van der Waals surface area contributed by atoms with Crippen molar-refractivity contribution in [3.05, 3.63) is 0 Å². The minimum atomic E-state index is 0. The van der Waals surface area contributed by atoms with E-state index in [4.69, 9.17) is 5.11 Å². The maximum Gasteiger partial charge on any atom is 2.00 e. The molecule has 0 amide bonds. The summed E-state index contributed by atoms with van der Waals surface area (Å²) in [4.78, 5) is 0. The van der Waals surface area contributed by atoms with E-state index in [2.05, 4.69) is 0 Å². The fourth-order valence-electron chi connectivity index (χ4n) is 0.